The van der Waals surface area contributed by atoms with Crippen LogP contribution in [0.4, 0.5) is 11.4 Å². The predicted octanol–water partition coefficient (Wildman–Crippen LogP) is 6.48. The molecule has 0 amide bonds. The van der Waals surface area contributed by atoms with Gasteiger partial charge in [-0.3, -0.25) is 0 Å². The molecule has 0 saturated heterocycles. The molecule has 136 valence electrons. The van der Waals surface area contributed by atoms with Gasteiger partial charge in [0.1, 0.15) is 5.75 Å². The van der Waals surface area contributed by atoms with E-state index in [2.05, 4.69) is 17.6 Å². The Morgan fingerprint density at radius 3 is 2.16 bits per heavy atom. The molecular formula is C20H26Cl2N2O. The van der Waals surface area contributed by atoms with Crippen LogP contribution in [0.1, 0.15) is 32.6 Å². The number of anilines is 2. The zero-order valence-electron chi connectivity index (χ0n) is 14.7. The van der Waals surface area contributed by atoms with Crippen LogP contribution in [0.2, 0.25) is 10.0 Å². The maximum absolute atomic E-state index is 6.00. The topological polar surface area (TPSA) is 33.3 Å². The quantitative estimate of drug-likeness (QED) is 0.437. The molecule has 2 N–H and O–H groups in total. The van der Waals surface area contributed by atoms with Crippen LogP contribution in [0.3, 0.4) is 0 Å². The largest absolute Gasteiger partial charge is 0.494 e. The smallest absolute Gasteiger partial charge is 0.119 e. The third-order valence-electron chi connectivity index (χ3n) is 3.82. The highest BCUT2D eigenvalue weighted by Gasteiger charge is 1.99. The lowest BCUT2D eigenvalue weighted by atomic mass is 10.2. The molecule has 2 rings (SSSR count). The van der Waals surface area contributed by atoms with Crippen molar-refractivity contribution in [1.82, 2.24) is 0 Å². The first-order chi connectivity index (χ1) is 12.2. The number of nitrogens with one attached hydrogen (secondary N) is 2. The SMILES string of the molecule is CCCCCCOc1ccc(NCCNc2ccc(Cl)c(Cl)c2)cc1. The van der Waals surface area contributed by atoms with Crippen molar-refractivity contribution in [1.29, 1.82) is 0 Å². The van der Waals surface area contributed by atoms with E-state index in [0.717, 1.165) is 43.2 Å². The van der Waals surface area contributed by atoms with E-state index >= 15 is 0 Å². The number of halogens is 2. The van der Waals surface area contributed by atoms with E-state index in [1.807, 2.05) is 36.4 Å². The van der Waals surface area contributed by atoms with Crippen LogP contribution >= 0.6 is 23.2 Å². The highest BCUT2D eigenvalue weighted by Crippen LogP contribution is 2.24. The van der Waals surface area contributed by atoms with Gasteiger partial charge < -0.3 is 15.4 Å². The lowest BCUT2D eigenvalue weighted by Crippen LogP contribution is -2.13. The molecular weight excluding hydrogens is 355 g/mol. The number of unbranched alkanes of at least 4 members (excludes halogenated alkanes) is 3. The molecule has 0 heterocycles. The average Bonchev–Trinajstić information content (AvgIpc) is 2.62. The molecule has 0 bridgehead atoms. The van der Waals surface area contributed by atoms with E-state index in [-0.39, 0.29) is 0 Å². The first kappa shape index (κ1) is 19.7. The number of ether oxygens (including phenoxy) is 1. The Hall–Kier alpha value is -1.58. The molecule has 2 aromatic carbocycles. The number of hydrogen-bond acceptors (Lipinski definition) is 3. The minimum atomic E-state index is 0.560. The van der Waals surface area contributed by atoms with Gasteiger partial charge in [-0.1, -0.05) is 49.4 Å². The molecule has 0 aliphatic carbocycles. The Kier molecular flexibility index (Phi) is 8.78. The zero-order chi connectivity index (χ0) is 17.9. The van der Waals surface area contributed by atoms with Gasteiger partial charge in [-0.15, -0.1) is 0 Å². The van der Waals surface area contributed by atoms with Gasteiger partial charge in [0.15, 0.2) is 0 Å². The maximum atomic E-state index is 6.00. The van der Waals surface area contributed by atoms with E-state index in [1.54, 1.807) is 6.07 Å². The van der Waals surface area contributed by atoms with Crippen molar-refractivity contribution in [2.45, 2.75) is 32.6 Å². The van der Waals surface area contributed by atoms with Gasteiger partial charge in [-0.25, -0.2) is 0 Å². The number of rotatable bonds is 11. The summed E-state index contributed by atoms with van der Waals surface area (Å²) in [6, 6.07) is 13.6. The summed E-state index contributed by atoms with van der Waals surface area (Å²) in [7, 11) is 0. The van der Waals surface area contributed by atoms with E-state index in [0.29, 0.717) is 10.0 Å². The molecule has 5 heteroatoms. The molecule has 0 aromatic heterocycles. The van der Waals surface area contributed by atoms with E-state index < -0.39 is 0 Å². The minimum Gasteiger partial charge on any atom is -0.494 e. The van der Waals surface area contributed by atoms with Crippen LogP contribution in [0.25, 0.3) is 0 Å². The summed E-state index contributed by atoms with van der Waals surface area (Å²) in [6.45, 7) is 4.60. The second-order valence-corrected chi connectivity index (χ2v) is 6.73. The third-order valence-corrected chi connectivity index (χ3v) is 4.56. The second kappa shape index (κ2) is 11.1. The van der Waals surface area contributed by atoms with Crippen molar-refractivity contribution in [2.24, 2.45) is 0 Å². The summed E-state index contributed by atoms with van der Waals surface area (Å²) in [5.74, 6) is 0.927. The van der Waals surface area contributed by atoms with Crippen molar-refractivity contribution >= 4 is 34.6 Å². The fourth-order valence-corrected chi connectivity index (χ4v) is 2.71. The van der Waals surface area contributed by atoms with Crippen molar-refractivity contribution in [3.8, 4) is 5.75 Å². The molecule has 0 spiro atoms. The summed E-state index contributed by atoms with van der Waals surface area (Å²) < 4.78 is 5.75. The minimum absolute atomic E-state index is 0.560. The van der Waals surface area contributed by atoms with E-state index in [1.165, 1.54) is 19.3 Å². The molecule has 0 aliphatic heterocycles. The second-order valence-electron chi connectivity index (χ2n) is 5.92. The van der Waals surface area contributed by atoms with Gasteiger partial charge in [-0.2, -0.15) is 0 Å². The van der Waals surface area contributed by atoms with Crippen LogP contribution in [0.5, 0.6) is 5.75 Å². The van der Waals surface area contributed by atoms with Gasteiger partial charge in [0.25, 0.3) is 0 Å². The van der Waals surface area contributed by atoms with Gasteiger partial charge in [0, 0.05) is 24.5 Å². The van der Waals surface area contributed by atoms with Crippen LogP contribution in [-0.2, 0) is 0 Å². The summed E-state index contributed by atoms with van der Waals surface area (Å²) in [6.07, 6.45) is 4.89. The molecule has 0 atom stereocenters. The van der Waals surface area contributed by atoms with Crippen molar-refractivity contribution in [3.63, 3.8) is 0 Å². The fourth-order valence-electron chi connectivity index (χ4n) is 2.41. The summed E-state index contributed by atoms with van der Waals surface area (Å²) in [5, 5.41) is 7.81. The number of benzene rings is 2. The van der Waals surface area contributed by atoms with Crippen LogP contribution < -0.4 is 15.4 Å². The molecule has 25 heavy (non-hydrogen) atoms. The monoisotopic (exact) mass is 380 g/mol. The molecule has 0 saturated carbocycles. The zero-order valence-corrected chi connectivity index (χ0v) is 16.2. The van der Waals surface area contributed by atoms with E-state index in [4.69, 9.17) is 27.9 Å². The predicted molar refractivity (Wildman–Crippen MR) is 110 cm³/mol. The van der Waals surface area contributed by atoms with Gasteiger partial charge in [0.05, 0.1) is 16.7 Å². The lowest BCUT2D eigenvalue weighted by Gasteiger charge is -2.11. The van der Waals surface area contributed by atoms with Crippen LogP contribution in [-0.4, -0.2) is 19.7 Å². The standard InChI is InChI=1S/C20H26Cl2N2O/c1-2-3-4-5-14-25-18-9-6-16(7-10-18)23-12-13-24-17-8-11-19(21)20(22)15-17/h6-11,15,23-24H,2-5,12-14H2,1H3. The van der Waals surface area contributed by atoms with Crippen molar-refractivity contribution < 1.29 is 4.74 Å². The Morgan fingerprint density at radius 1 is 0.800 bits per heavy atom. The van der Waals surface area contributed by atoms with E-state index in [9.17, 15) is 0 Å². The fraction of sp³-hybridized carbons (Fsp3) is 0.400. The first-order valence-electron chi connectivity index (χ1n) is 8.84. The molecule has 2 aromatic rings. The first-order valence-corrected chi connectivity index (χ1v) is 9.60. The maximum Gasteiger partial charge on any atom is 0.119 e. The van der Waals surface area contributed by atoms with Gasteiger partial charge in [-0.05, 0) is 48.9 Å². The summed E-state index contributed by atoms with van der Waals surface area (Å²) in [4.78, 5) is 0. The van der Waals surface area contributed by atoms with Crippen molar-refractivity contribution in [2.75, 3.05) is 30.3 Å². The van der Waals surface area contributed by atoms with Crippen LogP contribution in [0.15, 0.2) is 42.5 Å². The Labute approximate surface area is 160 Å². The average molecular weight is 381 g/mol. The Balaban J connectivity index is 1.64. The highest BCUT2D eigenvalue weighted by molar-refractivity contribution is 6.42. The molecule has 0 aliphatic rings. The Bertz CT molecular complexity index is 632. The molecule has 0 unspecified atom stereocenters. The normalized spacial score (nSPS) is 10.5. The molecule has 0 fully saturated rings. The van der Waals surface area contributed by atoms with Crippen LogP contribution in [0, 0.1) is 0 Å². The highest BCUT2D eigenvalue weighted by atomic mass is 35.5. The summed E-state index contributed by atoms with van der Waals surface area (Å²) >= 11 is 11.9. The Morgan fingerprint density at radius 2 is 1.48 bits per heavy atom. The van der Waals surface area contributed by atoms with Gasteiger partial charge >= 0.3 is 0 Å². The number of hydrogen-bond donors (Lipinski definition) is 2. The lowest BCUT2D eigenvalue weighted by molar-refractivity contribution is 0.305. The van der Waals surface area contributed by atoms with Crippen molar-refractivity contribution in [3.05, 3.63) is 52.5 Å². The van der Waals surface area contributed by atoms with Gasteiger partial charge in [0.2, 0.25) is 0 Å². The summed E-state index contributed by atoms with van der Waals surface area (Å²) in [5.41, 5.74) is 2.04. The third kappa shape index (κ3) is 7.45. The molecule has 3 nitrogen and oxygen atoms in total. The molecule has 0 radical (unpaired) electrons.